The lowest BCUT2D eigenvalue weighted by molar-refractivity contribution is 0.311. The quantitative estimate of drug-likeness (QED) is 0.600. The molecular formula is C14H23ClN4. The summed E-state index contributed by atoms with van der Waals surface area (Å²) in [6.45, 7) is 7.04. The molecular weight excluding hydrogens is 260 g/mol. The predicted molar refractivity (Wildman–Crippen MR) is 81.8 cm³/mol. The summed E-state index contributed by atoms with van der Waals surface area (Å²) in [6, 6.07) is 8.36. The van der Waals surface area contributed by atoms with E-state index in [0.717, 1.165) is 23.7 Å². The summed E-state index contributed by atoms with van der Waals surface area (Å²) >= 11 is 5.95. The maximum atomic E-state index is 5.95. The summed E-state index contributed by atoms with van der Waals surface area (Å²) in [5, 5.41) is 14.3. The molecule has 1 aromatic rings. The first-order chi connectivity index (χ1) is 8.97. The van der Waals surface area contributed by atoms with Crippen molar-refractivity contribution in [3.8, 4) is 0 Å². The minimum absolute atomic E-state index is 0.240. The fraction of sp³-hybridized carbons (Fsp3) is 0.571. The van der Waals surface area contributed by atoms with Gasteiger partial charge in [-0.15, -0.1) is 0 Å². The second kappa shape index (κ2) is 8.00. The van der Waals surface area contributed by atoms with Gasteiger partial charge in [-0.25, -0.2) is 0 Å². The lowest BCUT2D eigenvalue weighted by Gasteiger charge is -2.18. The molecule has 0 aliphatic carbocycles. The Morgan fingerprint density at radius 3 is 2.68 bits per heavy atom. The number of rotatable bonds is 7. The number of hydrogen-bond donors (Lipinski definition) is 1. The van der Waals surface area contributed by atoms with Crippen molar-refractivity contribution in [1.29, 1.82) is 0 Å². The largest absolute Gasteiger partial charge is 0.382 e. The van der Waals surface area contributed by atoms with Crippen LogP contribution in [0.2, 0.25) is 5.02 Å². The third-order valence-electron chi connectivity index (χ3n) is 2.56. The predicted octanol–water partition coefficient (Wildman–Crippen LogP) is 4.24. The van der Waals surface area contributed by atoms with E-state index in [1.807, 2.05) is 50.2 Å². The van der Waals surface area contributed by atoms with E-state index in [0.29, 0.717) is 6.04 Å². The molecule has 0 radical (unpaired) electrons. The number of hydrogen-bond acceptors (Lipinski definition) is 3. The number of nitrogens with zero attached hydrogens (tertiary/aromatic N) is 3. The molecule has 0 aliphatic heterocycles. The Morgan fingerprint density at radius 1 is 1.32 bits per heavy atom. The van der Waals surface area contributed by atoms with Crippen molar-refractivity contribution < 1.29 is 0 Å². The highest BCUT2D eigenvalue weighted by Crippen LogP contribution is 2.16. The average Bonchev–Trinajstić information content (AvgIpc) is 2.34. The van der Waals surface area contributed by atoms with Crippen molar-refractivity contribution in [2.45, 2.75) is 39.3 Å². The fourth-order valence-electron chi connectivity index (χ4n) is 1.55. The van der Waals surface area contributed by atoms with E-state index in [-0.39, 0.29) is 6.04 Å². The van der Waals surface area contributed by atoms with Crippen LogP contribution in [0.25, 0.3) is 0 Å². The van der Waals surface area contributed by atoms with Crippen LogP contribution in [0.15, 0.2) is 34.6 Å². The van der Waals surface area contributed by atoms with Gasteiger partial charge >= 0.3 is 0 Å². The smallest absolute Gasteiger partial charge is 0.0673 e. The zero-order valence-electron chi connectivity index (χ0n) is 12.1. The number of halogens is 1. The molecule has 19 heavy (non-hydrogen) atoms. The Bertz CT molecular complexity index is 406. The van der Waals surface area contributed by atoms with Gasteiger partial charge in [0.1, 0.15) is 0 Å². The minimum Gasteiger partial charge on any atom is -0.382 e. The van der Waals surface area contributed by atoms with Gasteiger partial charge in [0.15, 0.2) is 0 Å². The topological polar surface area (TPSA) is 40.0 Å². The molecule has 0 bridgehead atoms. The molecule has 0 saturated heterocycles. The summed E-state index contributed by atoms with van der Waals surface area (Å²) in [5.74, 6) is 0. The van der Waals surface area contributed by atoms with Crippen molar-refractivity contribution in [3.63, 3.8) is 0 Å². The van der Waals surface area contributed by atoms with Crippen LogP contribution < -0.4 is 5.32 Å². The Labute approximate surface area is 120 Å². The molecule has 1 unspecified atom stereocenters. The summed E-state index contributed by atoms with van der Waals surface area (Å²) < 4.78 is 0. The maximum Gasteiger partial charge on any atom is 0.0673 e. The summed E-state index contributed by atoms with van der Waals surface area (Å²) in [7, 11) is 1.94. The van der Waals surface area contributed by atoms with Gasteiger partial charge in [-0.2, -0.15) is 5.11 Å². The zero-order valence-corrected chi connectivity index (χ0v) is 12.9. The molecule has 0 aromatic heterocycles. The molecule has 1 aromatic carbocycles. The molecule has 5 heteroatoms. The molecule has 0 amide bonds. The van der Waals surface area contributed by atoms with Crippen LogP contribution in [0.5, 0.6) is 0 Å². The van der Waals surface area contributed by atoms with E-state index < -0.39 is 0 Å². The second-order valence-corrected chi connectivity index (χ2v) is 5.46. The van der Waals surface area contributed by atoms with Crippen LogP contribution in [0.1, 0.15) is 27.2 Å². The van der Waals surface area contributed by atoms with E-state index in [4.69, 9.17) is 11.6 Å². The van der Waals surface area contributed by atoms with Crippen LogP contribution in [0.4, 0.5) is 5.69 Å². The van der Waals surface area contributed by atoms with Crippen molar-refractivity contribution in [1.82, 2.24) is 5.01 Å². The molecule has 1 atom stereocenters. The Hall–Kier alpha value is -1.29. The minimum atomic E-state index is 0.240. The van der Waals surface area contributed by atoms with Crippen LogP contribution in [-0.2, 0) is 0 Å². The van der Waals surface area contributed by atoms with Crippen molar-refractivity contribution in [2.75, 3.05) is 18.9 Å². The van der Waals surface area contributed by atoms with E-state index in [2.05, 4.69) is 22.6 Å². The first-order valence-electron chi connectivity index (χ1n) is 6.61. The molecule has 106 valence electrons. The standard InChI is InChI=1S/C14H23ClN4/c1-11(2)17-18-19(4)9-8-12(3)16-14-7-5-6-13(15)10-14/h5-7,10-12,16H,8-9H2,1-4H3/b18-17-. The lowest BCUT2D eigenvalue weighted by atomic mass is 10.2. The summed E-state index contributed by atoms with van der Waals surface area (Å²) in [5.41, 5.74) is 1.05. The normalized spacial score (nSPS) is 12.9. The molecule has 0 spiro atoms. The van der Waals surface area contributed by atoms with Crippen molar-refractivity contribution in [3.05, 3.63) is 29.3 Å². The summed E-state index contributed by atoms with van der Waals surface area (Å²) in [6.07, 6.45) is 0.986. The van der Waals surface area contributed by atoms with E-state index in [9.17, 15) is 0 Å². The molecule has 0 aliphatic rings. The van der Waals surface area contributed by atoms with E-state index in [1.54, 1.807) is 0 Å². The van der Waals surface area contributed by atoms with Gasteiger partial charge in [-0.05, 0) is 45.4 Å². The van der Waals surface area contributed by atoms with Gasteiger partial charge in [-0.1, -0.05) is 22.9 Å². The van der Waals surface area contributed by atoms with Crippen molar-refractivity contribution >= 4 is 17.3 Å². The van der Waals surface area contributed by atoms with Gasteiger partial charge < -0.3 is 5.32 Å². The number of nitrogens with one attached hydrogen (secondary N) is 1. The van der Waals surface area contributed by atoms with Gasteiger partial charge in [0.05, 0.1) is 6.04 Å². The monoisotopic (exact) mass is 282 g/mol. The van der Waals surface area contributed by atoms with Gasteiger partial charge in [0.2, 0.25) is 0 Å². The van der Waals surface area contributed by atoms with Crippen LogP contribution in [0.3, 0.4) is 0 Å². The molecule has 4 nitrogen and oxygen atoms in total. The Morgan fingerprint density at radius 2 is 2.05 bits per heavy atom. The van der Waals surface area contributed by atoms with Crippen molar-refractivity contribution in [2.24, 2.45) is 10.3 Å². The van der Waals surface area contributed by atoms with Crippen LogP contribution in [-0.4, -0.2) is 30.7 Å². The summed E-state index contributed by atoms with van der Waals surface area (Å²) in [4.78, 5) is 0. The Kier molecular flexibility index (Phi) is 6.64. The first-order valence-corrected chi connectivity index (χ1v) is 6.99. The lowest BCUT2D eigenvalue weighted by Crippen LogP contribution is -2.22. The van der Waals surface area contributed by atoms with Crippen LogP contribution in [0, 0.1) is 0 Å². The highest BCUT2D eigenvalue weighted by molar-refractivity contribution is 6.30. The number of anilines is 1. The highest BCUT2D eigenvalue weighted by Gasteiger charge is 2.04. The fourth-order valence-corrected chi connectivity index (χ4v) is 1.74. The van der Waals surface area contributed by atoms with Gasteiger partial charge in [0, 0.05) is 30.3 Å². The first kappa shape index (κ1) is 15.8. The van der Waals surface area contributed by atoms with E-state index in [1.165, 1.54) is 0 Å². The van der Waals surface area contributed by atoms with Crippen LogP contribution >= 0.6 is 11.6 Å². The van der Waals surface area contributed by atoms with Gasteiger partial charge in [-0.3, -0.25) is 5.01 Å². The third-order valence-corrected chi connectivity index (χ3v) is 2.79. The Balaban J connectivity index is 2.33. The maximum absolute atomic E-state index is 5.95. The highest BCUT2D eigenvalue weighted by atomic mass is 35.5. The SMILES string of the molecule is CC(C)/N=N\N(C)CCC(C)Nc1cccc(Cl)c1. The van der Waals surface area contributed by atoms with E-state index >= 15 is 0 Å². The average molecular weight is 283 g/mol. The third kappa shape index (κ3) is 7.01. The molecule has 0 fully saturated rings. The molecule has 0 saturated carbocycles. The zero-order chi connectivity index (χ0) is 14.3. The molecule has 1 rings (SSSR count). The second-order valence-electron chi connectivity index (χ2n) is 5.02. The number of benzene rings is 1. The molecule has 0 heterocycles. The molecule has 1 N–H and O–H groups in total. The van der Waals surface area contributed by atoms with Gasteiger partial charge in [0.25, 0.3) is 0 Å².